The lowest BCUT2D eigenvalue weighted by molar-refractivity contribution is -0.146. The summed E-state index contributed by atoms with van der Waals surface area (Å²) in [6.45, 7) is 18.6. The fraction of sp³-hybridized carbons (Fsp3) is 0.931. The lowest BCUT2D eigenvalue weighted by atomic mass is 10.0. The summed E-state index contributed by atoms with van der Waals surface area (Å²) >= 11 is 0. The van der Waals surface area contributed by atoms with Gasteiger partial charge < -0.3 is 33.6 Å². The minimum Gasteiger partial charge on any atom is -0.465 e. The van der Waals surface area contributed by atoms with Crippen molar-refractivity contribution in [3.63, 3.8) is 0 Å². The fourth-order valence-electron chi connectivity index (χ4n) is 8.25. The summed E-state index contributed by atoms with van der Waals surface area (Å²) < 4.78 is 22.5. The van der Waals surface area contributed by atoms with Crippen LogP contribution in [0.25, 0.3) is 0 Å². The molecule has 0 amide bonds. The zero-order valence-electron chi connectivity index (χ0n) is 48.9. The maximum atomic E-state index is 12.9. The molecule has 0 heterocycles. The summed E-state index contributed by atoms with van der Waals surface area (Å²) in [6, 6.07) is 0. The van der Waals surface area contributed by atoms with Crippen molar-refractivity contribution in [3.05, 3.63) is 0 Å². The van der Waals surface area contributed by atoms with E-state index in [0.717, 1.165) is 99.2 Å². The molecule has 75 heavy (non-hydrogen) atoms. The van der Waals surface area contributed by atoms with Crippen molar-refractivity contribution in [2.24, 2.45) is 5.92 Å². The van der Waals surface area contributed by atoms with Gasteiger partial charge in [-0.15, -0.1) is 0 Å². The quantitative estimate of drug-likeness (QED) is 0.0249. The Bertz CT molecular complexity index is 1280. The predicted octanol–water partition coefficient (Wildman–Crippen LogP) is 15.9. The van der Waals surface area contributed by atoms with E-state index in [4.69, 9.17) is 18.9 Å². The molecule has 0 saturated heterocycles. The molecule has 0 rings (SSSR count). The van der Waals surface area contributed by atoms with Crippen LogP contribution in [0.2, 0.25) is 0 Å². The smallest absolute Gasteiger partial charge is 0.307 e. The van der Waals surface area contributed by atoms with E-state index in [2.05, 4.69) is 56.4 Å². The first-order chi connectivity index (χ1) is 36.7. The molecule has 0 aromatic heterocycles. The van der Waals surface area contributed by atoms with E-state index < -0.39 is 0 Å². The second kappa shape index (κ2) is 60.0. The molecule has 0 saturated carbocycles. The fourth-order valence-corrected chi connectivity index (χ4v) is 14.2. The van der Waals surface area contributed by atoms with Crippen LogP contribution in [0.3, 0.4) is 0 Å². The largest absolute Gasteiger partial charge is 0.465 e. The number of esters is 4. The van der Waals surface area contributed by atoms with Gasteiger partial charge in [0.05, 0.1) is 25.9 Å². The molecule has 0 aromatic rings. The third-order valence-electron chi connectivity index (χ3n) is 13.1. The molecule has 11 nitrogen and oxygen atoms in total. The Kier molecular flexibility index (Phi) is 59.9. The van der Waals surface area contributed by atoms with Gasteiger partial charge in [0, 0.05) is 60.6 Å². The number of unbranched alkanes of at least 4 members (excludes halogenated alkanes) is 16. The van der Waals surface area contributed by atoms with Crippen molar-refractivity contribution in [2.75, 3.05) is 120 Å². The maximum absolute atomic E-state index is 12.9. The van der Waals surface area contributed by atoms with E-state index in [9.17, 15) is 19.2 Å². The lowest BCUT2D eigenvalue weighted by Gasteiger charge is -2.25. The Morgan fingerprint density at radius 2 is 0.680 bits per heavy atom. The second-order valence-electron chi connectivity index (χ2n) is 20.0. The molecule has 0 bridgehead atoms. The van der Waals surface area contributed by atoms with Crippen LogP contribution in [-0.2, 0) is 38.1 Å². The Morgan fingerprint density at radius 3 is 1.08 bits per heavy atom. The number of rotatable bonds is 60. The Balaban J connectivity index is 5.05. The second-order valence-corrected chi connectivity index (χ2v) is 28.1. The Hall–Kier alpha value is -0.140. The highest BCUT2D eigenvalue weighted by Gasteiger charge is 2.16. The van der Waals surface area contributed by atoms with Crippen LogP contribution >= 0.6 is 64.8 Å². The molecule has 17 heteroatoms. The monoisotopic (exact) mass is 1170 g/mol. The molecule has 0 aromatic carbocycles. The summed E-state index contributed by atoms with van der Waals surface area (Å²) in [5, 5.41) is 0. The van der Waals surface area contributed by atoms with E-state index in [1.165, 1.54) is 116 Å². The molecule has 0 aliphatic carbocycles. The molecule has 0 aliphatic heterocycles. The van der Waals surface area contributed by atoms with Gasteiger partial charge in [-0.25, -0.2) is 0 Å². The van der Waals surface area contributed by atoms with Crippen molar-refractivity contribution < 1.29 is 38.1 Å². The first kappa shape index (κ1) is 74.9. The van der Waals surface area contributed by atoms with Gasteiger partial charge in [-0.1, -0.05) is 215 Å². The van der Waals surface area contributed by atoms with E-state index >= 15 is 0 Å². The van der Waals surface area contributed by atoms with Gasteiger partial charge in [-0.05, 0) is 90.6 Å². The summed E-state index contributed by atoms with van der Waals surface area (Å²) in [6.07, 6.45) is 31.6. The number of hydrogen-bond acceptors (Lipinski definition) is 17. The third-order valence-corrected chi connectivity index (χ3v) is 20.5. The molecular weight excluding hydrogens is 1060 g/mol. The normalized spacial score (nSPS) is 12.0. The number of carbonyl (C=O) groups excluding carboxylic acids is 4. The minimum absolute atomic E-state index is 0.152. The van der Waals surface area contributed by atoms with E-state index in [1.54, 1.807) is 32.4 Å². The first-order valence-electron chi connectivity index (χ1n) is 30.2. The van der Waals surface area contributed by atoms with E-state index in [-0.39, 0.29) is 23.9 Å². The van der Waals surface area contributed by atoms with Crippen LogP contribution in [0.4, 0.5) is 0 Å². The van der Waals surface area contributed by atoms with Gasteiger partial charge >= 0.3 is 23.9 Å². The number of nitrogens with zero attached hydrogens (tertiary/aromatic N) is 3. The van der Waals surface area contributed by atoms with Crippen LogP contribution in [0, 0.1) is 5.92 Å². The van der Waals surface area contributed by atoms with Gasteiger partial charge in [-0.2, -0.15) is 0 Å². The first-order valence-corrected chi connectivity index (χ1v) is 37.6. The molecule has 0 radical (unpaired) electrons. The Morgan fingerprint density at radius 1 is 0.347 bits per heavy atom. The number of hydrogen-bond donors (Lipinski definition) is 0. The average Bonchev–Trinajstić information content (AvgIpc) is 3.40. The van der Waals surface area contributed by atoms with E-state index in [0.29, 0.717) is 90.6 Å². The van der Waals surface area contributed by atoms with Gasteiger partial charge in [0.2, 0.25) is 0 Å². The minimum atomic E-state index is -0.188. The van der Waals surface area contributed by atoms with Crippen molar-refractivity contribution in [3.8, 4) is 0 Å². The van der Waals surface area contributed by atoms with E-state index in [1.807, 2.05) is 32.4 Å². The molecule has 0 N–H and O–H groups in total. The predicted molar refractivity (Wildman–Crippen MR) is 335 cm³/mol. The lowest BCUT2D eigenvalue weighted by Crippen LogP contribution is -2.34. The van der Waals surface area contributed by atoms with Crippen LogP contribution in [-0.4, -0.2) is 159 Å². The molecule has 444 valence electrons. The maximum Gasteiger partial charge on any atom is 0.307 e. The van der Waals surface area contributed by atoms with Gasteiger partial charge in [0.15, 0.2) is 0 Å². The zero-order chi connectivity index (χ0) is 54.9. The summed E-state index contributed by atoms with van der Waals surface area (Å²) in [5.41, 5.74) is 0. The van der Waals surface area contributed by atoms with Crippen LogP contribution in [0.5, 0.6) is 0 Å². The van der Waals surface area contributed by atoms with Crippen LogP contribution in [0.15, 0.2) is 0 Å². The molecule has 0 spiro atoms. The topological polar surface area (TPSA) is 115 Å². The average molecular weight is 1170 g/mol. The van der Waals surface area contributed by atoms with Gasteiger partial charge in [-0.3, -0.25) is 19.2 Å². The standard InChI is InChI=1S/C58H113N3O8S6/c1-7-12-16-19-22-25-47-70-73-50-44-66-55(62)32-28-38-60(41-33-56(63)67-45-51-74-71-48-26-23-20-17-13-8-2)39-29-36-59(6)37-30-40-61(43-35-58(65)69-53-54(11-5)31-15-10-4)42-34-57(64)68-46-52-75-72-49-27-24-21-18-14-9-3/h54H,7-53H2,1-6H3. The van der Waals surface area contributed by atoms with Crippen molar-refractivity contribution in [2.45, 2.75) is 221 Å². The number of carbonyl (C=O) groups is 4. The highest BCUT2D eigenvalue weighted by molar-refractivity contribution is 8.77. The number of ether oxygens (including phenoxy) is 4. The van der Waals surface area contributed by atoms with Crippen molar-refractivity contribution >= 4 is 88.6 Å². The zero-order valence-corrected chi connectivity index (χ0v) is 53.8. The molecule has 1 unspecified atom stereocenters. The van der Waals surface area contributed by atoms with Gasteiger partial charge in [0.1, 0.15) is 19.8 Å². The summed E-state index contributed by atoms with van der Waals surface area (Å²) in [7, 11) is 13.1. The molecular formula is C58H113N3O8S6. The van der Waals surface area contributed by atoms with Crippen LogP contribution < -0.4 is 0 Å². The highest BCUT2D eigenvalue weighted by atomic mass is 33.1. The van der Waals surface area contributed by atoms with Gasteiger partial charge in [0.25, 0.3) is 0 Å². The summed E-state index contributed by atoms with van der Waals surface area (Å²) in [5.74, 6) is 5.56. The van der Waals surface area contributed by atoms with Crippen molar-refractivity contribution in [1.29, 1.82) is 0 Å². The summed E-state index contributed by atoms with van der Waals surface area (Å²) in [4.78, 5) is 58.0. The van der Waals surface area contributed by atoms with Crippen molar-refractivity contribution in [1.82, 2.24) is 14.7 Å². The Labute approximate surface area is 485 Å². The third kappa shape index (κ3) is 55.6. The molecule has 1 atom stereocenters. The SMILES string of the molecule is CCCCCCCCSSCCOC(=O)CCCN(CCCN(C)CCCN(CCC(=O)OCCSSCCCCCCCC)CCC(=O)OCC(CC)CCCC)CCC(=O)OCCSSCCCCCCCC. The molecule has 0 fully saturated rings. The highest BCUT2D eigenvalue weighted by Crippen LogP contribution is 2.25. The molecule has 0 aliphatic rings. The van der Waals surface area contributed by atoms with Crippen LogP contribution in [0.1, 0.15) is 221 Å².